The van der Waals surface area contributed by atoms with Crippen molar-refractivity contribution >= 4 is 0 Å². The van der Waals surface area contributed by atoms with Gasteiger partial charge < -0.3 is 5.11 Å². The molecular weight excluding hydrogens is 120 g/mol. The molecule has 9 heavy (non-hydrogen) atoms. The summed E-state index contributed by atoms with van der Waals surface area (Å²) in [5.41, 5.74) is 0.941. The highest BCUT2D eigenvalue weighted by Gasteiger charge is 2.00. The molecule has 0 saturated carbocycles. The highest BCUT2D eigenvalue weighted by atomic mass is 16.3. The average molecular weight is 128 g/mol. The maximum absolute atomic E-state index is 10.6. The second-order valence-corrected chi connectivity index (χ2v) is 1.84. The smallest absolute Gasteiger partial charge is 0.267 e. The summed E-state index contributed by atoms with van der Waals surface area (Å²) in [6.07, 6.45) is 0. The van der Waals surface area contributed by atoms with Crippen molar-refractivity contribution in [2.45, 2.75) is 13.5 Å². The number of aliphatic hydroxyl groups is 1. The van der Waals surface area contributed by atoms with Crippen molar-refractivity contribution in [2.75, 3.05) is 0 Å². The van der Waals surface area contributed by atoms with Crippen LogP contribution in [0.3, 0.4) is 0 Å². The Morgan fingerprint density at radius 3 is 2.44 bits per heavy atom. The van der Waals surface area contributed by atoms with Gasteiger partial charge in [0.1, 0.15) is 0 Å². The number of aromatic nitrogens is 2. The van der Waals surface area contributed by atoms with Crippen LogP contribution in [0.1, 0.15) is 11.3 Å². The van der Waals surface area contributed by atoms with Gasteiger partial charge in [-0.25, -0.2) is 0 Å². The number of aromatic amines is 2. The van der Waals surface area contributed by atoms with E-state index in [1.165, 1.54) is 0 Å². The fourth-order valence-electron chi connectivity index (χ4n) is 0.615. The van der Waals surface area contributed by atoms with E-state index in [9.17, 15) is 4.79 Å². The fourth-order valence-corrected chi connectivity index (χ4v) is 0.615. The molecule has 3 N–H and O–H groups in total. The van der Waals surface area contributed by atoms with Crippen LogP contribution in [0, 0.1) is 6.92 Å². The number of nitrogens with one attached hydrogen (secondary N) is 2. The molecule has 0 unspecified atom stereocenters. The summed E-state index contributed by atoms with van der Waals surface area (Å²) in [4.78, 5) is 10.6. The third kappa shape index (κ3) is 0.882. The second-order valence-electron chi connectivity index (χ2n) is 1.84. The van der Waals surface area contributed by atoms with Gasteiger partial charge >= 0.3 is 0 Å². The normalized spacial score (nSPS) is 10.0. The van der Waals surface area contributed by atoms with Gasteiger partial charge in [-0.2, -0.15) is 0 Å². The Kier molecular flexibility index (Phi) is 1.40. The van der Waals surface area contributed by atoms with Crippen molar-refractivity contribution < 1.29 is 5.11 Å². The van der Waals surface area contributed by atoms with Crippen LogP contribution in [0.2, 0.25) is 0 Å². The van der Waals surface area contributed by atoms with Crippen molar-refractivity contribution in [1.29, 1.82) is 0 Å². The number of rotatable bonds is 1. The van der Waals surface area contributed by atoms with Crippen LogP contribution in [-0.2, 0) is 6.61 Å². The topological polar surface area (TPSA) is 68.9 Å². The first-order valence-corrected chi connectivity index (χ1v) is 2.62. The molecule has 0 saturated heterocycles. The van der Waals surface area contributed by atoms with E-state index >= 15 is 0 Å². The lowest BCUT2D eigenvalue weighted by Crippen LogP contribution is -2.01. The number of H-pyrrole nitrogens is 2. The molecule has 4 heteroatoms. The van der Waals surface area contributed by atoms with Gasteiger partial charge in [0.05, 0.1) is 12.3 Å². The zero-order valence-electron chi connectivity index (χ0n) is 5.06. The lowest BCUT2D eigenvalue weighted by Gasteiger charge is -1.86. The first-order chi connectivity index (χ1) is 4.25. The van der Waals surface area contributed by atoms with Gasteiger partial charge in [0.2, 0.25) is 0 Å². The molecule has 4 nitrogen and oxygen atoms in total. The van der Waals surface area contributed by atoms with Crippen LogP contribution in [0.5, 0.6) is 0 Å². The van der Waals surface area contributed by atoms with Crippen LogP contribution < -0.4 is 5.56 Å². The average Bonchev–Trinajstić information content (AvgIpc) is 2.15. The molecule has 0 amide bonds. The van der Waals surface area contributed by atoms with Gasteiger partial charge in [-0.3, -0.25) is 15.0 Å². The van der Waals surface area contributed by atoms with E-state index in [1.807, 2.05) is 0 Å². The third-order valence-electron chi connectivity index (χ3n) is 1.28. The monoisotopic (exact) mass is 128 g/mol. The Labute approximate surface area is 51.5 Å². The molecule has 0 radical (unpaired) electrons. The number of aliphatic hydroxyl groups excluding tert-OH is 1. The first-order valence-electron chi connectivity index (χ1n) is 2.62. The molecule has 1 rings (SSSR count). The summed E-state index contributed by atoms with van der Waals surface area (Å²) in [6, 6.07) is 0. The van der Waals surface area contributed by atoms with Gasteiger partial charge in [0.15, 0.2) is 0 Å². The van der Waals surface area contributed by atoms with E-state index < -0.39 is 0 Å². The van der Waals surface area contributed by atoms with Gasteiger partial charge in [-0.15, -0.1) is 0 Å². The highest BCUT2D eigenvalue weighted by molar-refractivity contribution is 5.12. The third-order valence-corrected chi connectivity index (χ3v) is 1.28. The lowest BCUT2D eigenvalue weighted by molar-refractivity contribution is 0.276. The molecule has 0 aliphatic rings. The minimum atomic E-state index is -0.168. The minimum absolute atomic E-state index is 0.120. The van der Waals surface area contributed by atoms with Crippen LogP contribution >= 0.6 is 0 Å². The van der Waals surface area contributed by atoms with Crippen LogP contribution in [-0.4, -0.2) is 15.3 Å². The lowest BCUT2D eigenvalue weighted by atomic mass is 10.3. The maximum atomic E-state index is 10.6. The predicted octanol–water partition coefficient (Wildman–Crippen LogP) is -0.496. The van der Waals surface area contributed by atoms with Crippen molar-refractivity contribution in [2.24, 2.45) is 0 Å². The molecule has 0 spiro atoms. The van der Waals surface area contributed by atoms with Crippen LogP contribution in [0.4, 0.5) is 0 Å². The predicted molar refractivity (Wildman–Crippen MR) is 32.1 cm³/mol. The minimum Gasteiger partial charge on any atom is -0.390 e. The summed E-state index contributed by atoms with van der Waals surface area (Å²) in [6.45, 7) is 1.53. The number of hydrogen-bond donors (Lipinski definition) is 3. The van der Waals surface area contributed by atoms with Gasteiger partial charge in [-0.05, 0) is 6.92 Å². The fraction of sp³-hybridized carbons (Fsp3) is 0.400. The Balaban J connectivity index is 3.20. The largest absolute Gasteiger partial charge is 0.390 e. The molecule has 1 aromatic rings. The summed E-state index contributed by atoms with van der Waals surface area (Å²) in [7, 11) is 0. The van der Waals surface area contributed by atoms with Gasteiger partial charge in [0.25, 0.3) is 5.56 Å². The van der Waals surface area contributed by atoms with Gasteiger partial charge in [0, 0.05) is 5.56 Å². The van der Waals surface area contributed by atoms with E-state index in [-0.39, 0.29) is 12.2 Å². The Morgan fingerprint density at radius 1 is 1.56 bits per heavy atom. The Morgan fingerprint density at radius 2 is 2.22 bits per heavy atom. The molecule has 0 aliphatic carbocycles. The van der Waals surface area contributed by atoms with Gasteiger partial charge in [-0.1, -0.05) is 0 Å². The molecule has 0 fully saturated rings. The maximum Gasteiger partial charge on any atom is 0.267 e. The van der Waals surface area contributed by atoms with Crippen LogP contribution in [0.15, 0.2) is 4.79 Å². The first kappa shape index (κ1) is 6.10. The molecule has 50 valence electrons. The summed E-state index contributed by atoms with van der Waals surface area (Å²) < 4.78 is 0. The van der Waals surface area contributed by atoms with E-state index in [0.29, 0.717) is 11.3 Å². The zero-order chi connectivity index (χ0) is 6.85. The summed E-state index contributed by atoms with van der Waals surface area (Å²) in [5.74, 6) is 0. The van der Waals surface area contributed by atoms with Crippen molar-refractivity contribution in [3.05, 3.63) is 21.6 Å². The van der Waals surface area contributed by atoms with E-state index in [1.54, 1.807) is 6.92 Å². The molecule has 1 aromatic heterocycles. The molecule has 0 bridgehead atoms. The summed E-state index contributed by atoms with van der Waals surface area (Å²) in [5, 5.41) is 13.4. The molecule has 0 atom stereocenters. The molecule has 1 heterocycles. The SMILES string of the molecule is Cc1c(CO)[nH][nH]c1=O. The Hall–Kier alpha value is -1.03. The standard InChI is InChI=1S/C5H8N2O2/c1-3-4(2-8)6-7-5(3)9/h8H,2H2,1H3,(H2,6,7,9). The second kappa shape index (κ2) is 2.06. The quantitative estimate of drug-likeness (QED) is 0.477. The molecule has 0 aliphatic heterocycles. The molecule has 0 aromatic carbocycles. The number of hydrogen-bond acceptors (Lipinski definition) is 2. The van der Waals surface area contributed by atoms with E-state index in [4.69, 9.17) is 5.11 Å². The zero-order valence-corrected chi connectivity index (χ0v) is 5.06. The van der Waals surface area contributed by atoms with Crippen molar-refractivity contribution in [3.8, 4) is 0 Å². The van der Waals surface area contributed by atoms with Crippen LogP contribution in [0.25, 0.3) is 0 Å². The molecular formula is C5H8N2O2. The summed E-state index contributed by atoms with van der Waals surface area (Å²) >= 11 is 0. The van der Waals surface area contributed by atoms with E-state index in [2.05, 4.69) is 10.2 Å². The van der Waals surface area contributed by atoms with Crippen molar-refractivity contribution in [3.63, 3.8) is 0 Å². The van der Waals surface area contributed by atoms with E-state index in [0.717, 1.165) is 0 Å². The highest BCUT2D eigenvalue weighted by Crippen LogP contribution is 1.93. The van der Waals surface area contributed by atoms with Crippen molar-refractivity contribution in [1.82, 2.24) is 10.2 Å². The Bertz CT molecular complexity index is 248.